The zero-order valence-electron chi connectivity index (χ0n) is 9.46. The standard InChI is InChI=1S/C11H12O6S/c12-11(13)6-18(14,15)4-3-8-1-2-9-10(5-8)17-7-16-9/h1-2,5H,3-4,6-7H2,(H,12,13). The predicted molar refractivity (Wildman–Crippen MR) is 62.6 cm³/mol. The third kappa shape index (κ3) is 3.13. The van der Waals surface area contributed by atoms with E-state index in [2.05, 4.69) is 0 Å². The SMILES string of the molecule is O=C(O)CS(=O)(=O)CCc1ccc2c(c1)OCO2. The second-order valence-corrected chi connectivity index (χ2v) is 6.11. The lowest BCUT2D eigenvalue weighted by Gasteiger charge is -2.03. The lowest BCUT2D eigenvalue weighted by atomic mass is 10.1. The summed E-state index contributed by atoms with van der Waals surface area (Å²) in [4.78, 5) is 10.4. The average Bonchev–Trinajstić information content (AvgIpc) is 2.71. The van der Waals surface area contributed by atoms with Crippen molar-refractivity contribution in [1.82, 2.24) is 0 Å². The van der Waals surface area contributed by atoms with Crippen LogP contribution in [0, 0.1) is 0 Å². The van der Waals surface area contributed by atoms with Crippen LogP contribution >= 0.6 is 0 Å². The number of hydrogen-bond donors (Lipinski definition) is 1. The molecule has 0 atom stereocenters. The molecule has 0 saturated carbocycles. The molecule has 0 spiro atoms. The number of ether oxygens (including phenoxy) is 2. The Morgan fingerprint density at radius 1 is 1.28 bits per heavy atom. The fourth-order valence-corrected chi connectivity index (χ4v) is 2.70. The number of sulfone groups is 1. The van der Waals surface area contributed by atoms with Crippen molar-refractivity contribution in [1.29, 1.82) is 0 Å². The van der Waals surface area contributed by atoms with Gasteiger partial charge in [0.05, 0.1) is 5.75 Å². The summed E-state index contributed by atoms with van der Waals surface area (Å²) < 4.78 is 33.1. The molecule has 1 N–H and O–H groups in total. The molecule has 0 bridgehead atoms. The summed E-state index contributed by atoms with van der Waals surface area (Å²) in [5.74, 6) is -1.15. The Morgan fingerprint density at radius 2 is 2.00 bits per heavy atom. The number of aryl methyl sites for hydroxylation is 1. The van der Waals surface area contributed by atoms with Crippen LogP contribution in [0.2, 0.25) is 0 Å². The first kappa shape index (κ1) is 12.7. The Morgan fingerprint density at radius 3 is 2.72 bits per heavy atom. The van der Waals surface area contributed by atoms with E-state index in [1.807, 2.05) is 0 Å². The highest BCUT2D eigenvalue weighted by molar-refractivity contribution is 7.92. The molecule has 0 aromatic heterocycles. The summed E-state index contributed by atoms with van der Waals surface area (Å²) in [5.41, 5.74) is 0.771. The normalized spacial score (nSPS) is 13.6. The van der Waals surface area contributed by atoms with Crippen molar-refractivity contribution in [2.24, 2.45) is 0 Å². The zero-order chi connectivity index (χ0) is 13.2. The van der Waals surface area contributed by atoms with Gasteiger partial charge in [-0.25, -0.2) is 8.42 Å². The van der Waals surface area contributed by atoms with E-state index < -0.39 is 21.6 Å². The maximum Gasteiger partial charge on any atom is 0.318 e. The number of carbonyl (C=O) groups is 1. The Bertz CT molecular complexity index is 563. The maximum atomic E-state index is 11.4. The molecule has 6 nitrogen and oxygen atoms in total. The quantitative estimate of drug-likeness (QED) is 0.837. The Labute approximate surface area is 104 Å². The average molecular weight is 272 g/mol. The molecule has 18 heavy (non-hydrogen) atoms. The Kier molecular flexibility index (Phi) is 3.42. The maximum absolute atomic E-state index is 11.4. The smallest absolute Gasteiger partial charge is 0.318 e. The molecule has 0 saturated heterocycles. The van der Waals surface area contributed by atoms with Crippen molar-refractivity contribution >= 4 is 15.8 Å². The number of carboxylic acids is 1. The van der Waals surface area contributed by atoms with Gasteiger partial charge in [0.25, 0.3) is 0 Å². The molecule has 0 radical (unpaired) electrons. The van der Waals surface area contributed by atoms with Gasteiger partial charge >= 0.3 is 5.97 Å². The van der Waals surface area contributed by atoms with Gasteiger partial charge in [0, 0.05) is 0 Å². The molecule has 1 aliphatic rings. The van der Waals surface area contributed by atoms with Gasteiger partial charge < -0.3 is 14.6 Å². The van der Waals surface area contributed by atoms with E-state index in [4.69, 9.17) is 14.6 Å². The molecule has 1 aromatic carbocycles. The summed E-state index contributed by atoms with van der Waals surface area (Å²) in [7, 11) is -3.56. The fraction of sp³-hybridized carbons (Fsp3) is 0.364. The molecule has 1 heterocycles. The largest absolute Gasteiger partial charge is 0.480 e. The van der Waals surface area contributed by atoms with Gasteiger partial charge in [-0.2, -0.15) is 0 Å². The Balaban J connectivity index is 2.00. The van der Waals surface area contributed by atoms with Crippen molar-refractivity contribution < 1.29 is 27.8 Å². The van der Waals surface area contributed by atoms with E-state index >= 15 is 0 Å². The molecule has 1 aromatic rings. The summed E-state index contributed by atoms with van der Waals surface area (Å²) in [6, 6.07) is 5.16. The fourth-order valence-electron chi connectivity index (χ4n) is 1.63. The van der Waals surface area contributed by atoms with E-state index in [0.29, 0.717) is 11.5 Å². The van der Waals surface area contributed by atoms with Gasteiger partial charge in [-0.3, -0.25) is 4.79 Å². The number of hydrogen-bond acceptors (Lipinski definition) is 5. The lowest BCUT2D eigenvalue weighted by molar-refractivity contribution is -0.134. The number of aliphatic carboxylic acids is 1. The number of rotatable bonds is 5. The van der Waals surface area contributed by atoms with Crippen LogP contribution < -0.4 is 9.47 Å². The van der Waals surface area contributed by atoms with Crippen LogP contribution in [0.15, 0.2) is 18.2 Å². The van der Waals surface area contributed by atoms with Crippen molar-refractivity contribution in [2.75, 3.05) is 18.3 Å². The van der Waals surface area contributed by atoms with Crippen LogP contribution in [-0.2, 0) is 21.1 Å². The van der Waals surface area contributed by atoms with Crippen LogP contribution in [0.25, 0.3) is 0 Å². The van der Waals surface area contributed by atoms with Crippen LogP contribution in [0.1, 0.15) is 5.56 Å². The predicted octanol–water partition coefficient (Wildman–Crippen LogP) is 0.457. The first-order valence-electron chi connectivity index (χ1n) is 5.27. The van der Waals surface area contributed by atoms with Gasteiger partial charge in [0.15, 0.2) is 21.3 Å². The molecule has 7 heteroatoms. The molecule has 0 fully saturated rings. The summed E-state index contributed by atoms with van der Waals surface area (Å²) in [5, 5.41) is 8.46. The van der Waals surface area contributed by atoms with E-state index in [0.717, 1.165) is 5.56 Å². The van der Waals surface area contributed by atoms with Crippen molar-refractivity contribution in [2.45, 2.75) is 6.42 Å². The van der Waals surface area contributed by atoms with Crippen LogP contribution in [-0.4, -0.2) is 37.8 Å². The van der Waals surface area contributed by atoms with Crippen molar-refractivity contribution in [3.63, 3.8) is 0 Å². The number of carboxylic acid groups (broad SMARTS) is 1. The topological polar surface area (TPSA) is 89.9 Å². The van der Waals surface area contributed by atoms with Crippen LogP contribution in [0.5, 0.6) is 11.5 Å². The van der Waals surface area contributed by atoms with Gasteiger partial charge in [-0.1, -0.05) is 6.07 Å². The minimum atomic E-state index is -3.56. The van der Waals surface area contributed by atoms with Crippen LogP contribution in [0.4, 0.5) is 0 Å². The monoisotopic (exact) mass is 272 g/mol. The summed E-state index contributed by atoms with van der Waals surface area (Å²) in [6.45, 7) is 0.163. The molecule has 98 valence electrons. The first-order valence-corrected chi connectivity index (χ1v) is 7.09. The molecular weight excluding hydrogens is 260 g/mol. The minimum Gasteiger partial charge on any atom is -0.480 e. The first-order chi connectivity index (χ1) is 8.46. The van der Waals surface area contributed by atoms with E-state index in [1.54, 1.807) is 18.2 Å². The molecule has 0 aliphatic carbocycles. The van der Waals surface area contributed by atoms with Gasteiger partial charge in [0.2, 0.25) is 6.79 Å². The third-order valence-electron chi connectivity index (χ3n) is 2.48. The molecule has 1 aliphatic heterocycles. The minimum absolute atomic E-state index is 0.163. The molecule has 2 rings (SSSR count). The van der Waals surface area contributed by atoms with Gasteiger partial charge in [0.1, 0.15) is 5.75 Å². The second kappa shape index (κ2) is 4.85. The lowest BCUT2D eigenvalue weighted by Crippen LogP contribution is -2.19. The Hall–Kier alpha value is -1.76. The van der Waals surface area contributed by atoms with Gasteiger partial charge in [-0.15, -0.1) is 0 Å². The molecule has 0 unspecified atom stereocenters. The van der Waals surface area contributed by atoms with Crippen molar-refractivity contribution in [3.05, 3.63) is 23.8 Å². The molecular formula is C11H12O6S. The molecule has 0 amide bonds. The summed E-state index contributed by atoms with van der Waals surface area (Å²) in [6.07, 6.45) is 0.256. The van der Waals surface area contributed by atoms with Gasteiger partial charge in [-0.05, 0) is 24.1 Å². The van der Waals surface area contributed by atoms with E-state index in [1.165, 1.54) is 0 Å². The van der Waals surface area contributed by atoms with Crippen molar-refractivity contribution in [3.8, 4) is 11.5 Å². The third-order valence-corrected chi connectivity index (χ3v) is 4.00. The highest BCUT2D eigenvalue weighted by atomic mass is 32.2. The number of fused-ring (bicyclic) bond motifs is 1. The zero-order valence-corrected chi connectivity index (χ0v) is 10.3. The van der Waals surface area contributed by atoms with E-state index in [-0.39, 0.29) is 19.0 Å². The highest BCUT2D eigenvalue weighted by Gasteiger charge is 2.17. The van der Waals surface area contributed by atoms with Crippen LogP contribution in [0.3, 0.4) is 0 Å². The second-order valence-electron chi connectivity index (χ2n) is 3.92. The highest BCUT2D eigenvalue weighted by Crippen LogP contribution is 2.32. The summed E-state index contributed by atoms with van der Waals surface area (Å²) >= 11 is 0. The number of benzene rings is 1. The van der Waals surface area contributed by atoms with E-state index in [9.17, 15) is 13.2 Å².